The molecule has 4 rings (SSSR count). The van der Waals surface area contributed by atoms with E-state index in [9.17, 15) is 0 Å². The first-order valence-corrected chi connectivity index (χ1v) is 8.80. The second-order valence-corrected chi connectivity index (χ2v) is 6.15. The van der Waals surface area contributed by atoms with E-state index < -0.39 is 0 Å². The van der Waals surface area contributed by atoms with Crippen molar-refractivity contribution in [2.45, 2.75) is 0 Å². The number of para-hydroxylation sites is 2. The summed E-state index contributed by atoms with van der Waals surface area (Å²) >= 11 is 0. The predicted molar refractivity (Wildman–Crippen MR) is 111 cm³/mol. The van der Waals surface area contributed by atoms with E-state index >= 15 is 0 Å². The van der Waals surface area contributed by atoms with E-state index in [1.165, 1.54) is 0 Å². The first-order chi connectivity index (χ1) is 12.9. The highest BCUT2D eigenvalue weighted by Gasteiger charge is 2.11. The van der Waals surface area contributed by atoms with Gasteiger partial charge in [0.15, 0.2) is 0 Å². The second kappa shape index (κ2) is 7.66. The largest absolute Gasteiger partial charge is 0.311 e. The van der Waals surface area contributed by atoms with Crippen LogP contribution in [0.15, 0.2) is 114 Å². The number of aliphatic imine (C=N–C) groups is 1. The summed E-state index contributed by atoms with van der Waals surface area (Å²) in [5.41, 5.74) is 4.35. The van der Waals surface area contributed by atoms with Crippen LogP contribution in [0.1, 0.15) is 0 Å². The van der Waals surface area contributed by atoms with Gasteiger partial charge in [-0.15, -0.1) is 0 Å². The van der Waals surface area contributed by atoms with Gasteiger partial charge in [0.05, 0.1) is 5.69 Å². The Labute approximate surface area is 154 Å². The van der Waals surface area contributed by atoms with Crippen LogP contribution in [0.5, 0.6) is 0 Å². The molecule has 2 nitrogen and oxygen atoms in total. The van der Waals surface area contributed by atoms with Crippen LogP contribution in [0.4, 0.5) is 22.7 Å². The van der Waals surface area contributed by atoms with Crippen molar-refractivity contribution in [2.75, 3.05) is 4.90 Å². The van der Waals surface area contributed by atoms with Gasteiger partial charge in [0.25, 0.3) is 0 Å². The highest BCUT2D eigenvalue weighted by atomic mass is 15.1. The summed E-state index contributed by atoms with van der Waals surface area (Å²) in [6, 6.07) is 29.2. The number of allylic oxidation sites excluding steroid dienone is 4. The lowest BCUT2D eigenvalue weighted by molar-refractivity contribution is 1.19. The lowest BCUT2D eigenvalue weighted by Crippen LogP contribution is -2.09. The van der Waals surface area contributed by atoms with E-state index in [4.69, 9.17) is 0 Å². The lowest BCUT2D eigenvalue weighted by atomic mass is 10.2. The smallest absolute Gasteiger partial charge is 0.0627 e. The summed E-state index contributed by atoms with van der Waals surface area (Å²) in [5, 5.41) is 0. The molecule has 0 N–H and O–H groups in total. The molecule has 0 bridgehead atoms. The number of hydrogen-bond acceptors (Lipinski definition) is 2. The molecule has 0 amide bonds. The van der Waals surface area contributed by atoms with Crippen molar-refractivity contribution in [3.05, 3.63) is 109 Å². The Kier molecular flexibility index (Phi) is 4.74. The summed E-state index contributed by atoms with van der Waals surface area (Å²) in [6.45, 7) is 0. The molecule has 0 aromatic heterocycles. The van der Waals surface area contributed by atoms with E-state index in [0.717, 1.165) is 22.7 Å². The minimum Gasteiger partial charge on any atom is -0.311 e. The Morgan fingerprint density at radius 2 is 1.12 bits per heavy atom. The van der Waals surface area contributed by atoms with Gasteiger partial charge >= 0.3 is 0 Å². The molecule has 0 atom stereocenters. The second-order valence-electron chi connectivity index (χ2n) is 6.15. The van der Waals surface area contributed by atoms with Crippen LogP contribution in [0.3, 0.4) is 0 Å². The number of anilines is 3. The fourth-order valence-electron chi connectivity index (χ4n) is 3.01. The van der Waals surface area contributed by atoms with Gasteiger partial charge < -0.3 is 4.90 Å². The zero-order valence-electron chi connectivity index (χ0n) is 14.4. The van der Waals surface area contributed by atoms with Crippen molar-refractivity contribution in [3.8, 4) is 0 Å². The Hall–Kier alpha value is -3.39. The maximum Gasteiger partial charge on any atom is 0.0627 e. The van der Waals surface area contributed by atoms with Crippen molar-refractivity contribution in [2.24, 2.45) is 10.9 Å². The van der Waals surface area contributed by atoms with Crippen molar-refractivity contribution < 1.29 is 0 Å². The van der Waals surface area contributed by atoms with Gasteiger partial charge in [-0.3, -0.25) is 4.99 Å². The average molecular weight is 336 g/mol. The molecule has 0 fully saturated rings. The molecule has 0 aliphatic heterocycles. The third-order valence-corrected chi connectivity index (χ3v) is 4.31. The Balaban J connectivity index is 1.64. The molecule has 3 aromatic carbocycles. The standard InChI is InChI=1S/C24H20N2/c1-3-11-22(12-4-1)26(23-13-5-2-6-14-23)24-17-15-21(16-18-24)25-19-20-9-7-8-10-20/h1-20H. The summed E-state index contributed by atoms with van der Waals surface area (Å²) in [5.74, 6) is 0.305. The lowest BCUT2D eigenvalue weighted by Gasteiger charge is -2.25. The first-order valence-electron chi connectivity index (χ1n) is 8.80. The van der Waals surface area contributed by atoms with Gasteiger partial charge in [0, 0.05) is 29.2 Å². The average Bonchev–Trinajstić information content (AvgIpc) is 3.23. The van der Waals surface area contributed by atoms with Crippen LogP contribution >= 0.6 is 0 Å². The van der Waals surface area contributed by atoms with E-state index in [0.29, 0.717) is 5.92 Å². The summed E-state index contributed by atoms with van der Waals surface area (Å²) in [4.78, 5) is 6.83. The molecular weight excluding hydrogens is 316 g/mol. The molecule has 26 heavy (non-hydrogen) atoms. The van der Waals surface area contributed by atoms with Crippen molar-refractivity contribution in [1.29, 1.82) is 0 Å². The molecule has 1 aliphatic carbocycles. The summed E-state index contributed by atoms with van der Waals surface area (Å²) < 4.78 is 0. The SMILES string of the molecule is C1=CC(C=Nc2ccc(N(c3ccccc3)c3ccccc3)cc2)C=C1. The van der Waals surface area contributed by atoms with Crippen molar-refractivity contribution >= 4 is 29.0 Å². The quantitative estimate of drug-likeness (QED) is 0.479. The third kappa shape index (κ3) is 3.65. The van der Waals surface area contributed by atoms with E-state index in [-0.39, 0.29) is 0 Å². The van der Waals surface area contributed by atoms with Crippen LogP contribution in [-0.2, 0) is 0 Å². The van der Waals surface area contributed by atoms with Crippen LogP contribution in [-0.4, -0.2) is 6.21 Å². The molecule has 1 aliphatic rings. The minimum absolute atomic E-state index is 0.305. The van der Waals surface area contributed by atoms with Crippen LogP contribution in [0.25, 0.3) is 0 Å². The van der Waals surface area contributed by atoms with Gasteiger partial charge in [-0.1, -0.05) is 60.7 Å². The fourth-order valence-corrected chi connectivity index (χ4v) is 3.01. The topological polar surface area (TPSA) is 15.6 Å². The van der Waals surface area contributed by atoms with Gasteiger partial charge in [-0.25, -0.2) is 0 Å². The molecular formula is C24H20N2. The van der Waals surface area contributed by atoms with E-state index in [1.807, 2.05) is 18.3 Å². The number of benzene rings is 3. The third-order valence-electron chi connectivity index (χ3n) is 4.31. The van der Waals surface area contributed by atoms with E-state index in [1.54, 1.807) is 0 Å². The molecule has 2 heteroatoms. The maximum absolute atomic E-state index is 4.59. The number of hydrogen-bond donors (Lipinski definition) is 0. The Morgan fingerprint density at radius 3 is 1.65 bits per heavy atom. The summed E-state index contributed by atoms with van der Waals surface area (Å²) in [7, 11) is 0. The van der Waals surface area contributed by atoms with Crippen LogP contribution < -0.4 is 4.90 Å². The normalized spacial score (nSPS) is 13.5. The monoisotopic (exact) mass is 336 g/mol. The first kappa shape index (κ1) is 16.1. The predicted octanol–water partition coefficient (Wildman–Crippen LogP) is 6.60. The van der Waals surface area contributed by atoms with Crippen LogP contribution in [0.2, 0.25) is 0 Å². The number of nitrogens with zero attached hydrogens (tertiary/aromatic N) is 2. The van der Waals surface area contributed by atoms with Crippen LogP contribution in [0, 0.1) is 5.92 Å². The molecule has 0 radical (unpaired) electrons. The van der Waals surface area contributed by atoms with Gasteiger partial charge in [0.2, 0.25) is 0 Å². The summed E-state index contributed by atoms with van der Waals surface area (Å²) in [6.07, 6.45) is 10.3. The maximum atomic E-state index is 4.59. The number of rotatable bonds is 5. The van der Waals surface area contributed by atoms with Gasteiger partial charge in [0.1, 0.15) is 0 Å². The molecule has 0 heterocycles. The highest BCUT2D eigenvalue weighted by molar-refractivity contribution is 5.77. The van der Waals surface area contributed by atoms with Gasteiger partial charge in [-0.2, -0.15) is 0 Å². The fraction of sp³-hybridized carbons (Fsp3) is 0.0417. The van der Waals surface area contributed by atoms with Crippen molar-refractivity contribution in [3.63, 3.8) is 0 Å². The van der Waals surface area contributed by atoms with Gasteiger partial charge in [-0.05, 0) is 48.5 Å². The zero-order valence-corrected chi connectivity index (χ0v) is 14.4. The minimum atomic E-state index is 0.305. The molecule has 0 saturated carbocycles. The van der Waals surface area contributed by atoms with E-state index in [2.05, 4.69) is 107 Å². The Morgan fingerprint density at radius 1 is 0.615 bits per heavy atom. The molecule has 126 valence electrons. The molecule has 0 spiro atoms. The zero-order chi connectivity index (χ0) is 17.6. The van der Waals surface area contributed by atoms with Crippen molar-refractivity contribution in [1.82, 2.24) is 0 Å². The highest BCUT2D eigenvalue weighted by Crippen LogP contribution is 2.34. The molecule has 0 unspecified atom stereocenters. The molecule has 3 aromatic rings. The Bertz CT molecular complexity index is 871. The molecule has 0 saturated heterocycles.